The van der Waals surface area contributed by atoms with Gasteiger partial charge in [-0.25, -0.2) is 4.39 Å². The van der Waals surface area contributed by atoms with Crippen LogP contribution in [-0.4, -0.2) is 23.9 Å². The molecule has 1 aliphatic heterocycles. The highest BCUT2D eigenvalue weighted by Gasteiger charge is 2.20. The molecule has 1 aromatic rings. The van der Waals surface area contributed by atoms with Gasteiger partial charge in [-0.15, -0.1) is 0 Å². The summed E-state index contributed by atoms with van der Waals surface area (Å²) in [6.45, 7) is 2.59. The summed E-state index contributed by atoms with van der Waals surface area (Å²) in [5.41, 5.74) is 1.60. The van der Waals surface area contributed by atoms with Crippen molar-refractivity contribution < 1.29 is 9.18 Å². The SMILES string of the molecule is Cc1ccccc1C(=O)N1CCC=C(F)C1. The van der Waals surface area contributed by atoms with Crippen molar-refractivity contribution in [3.63, 3.8) is 0 Å². The number of amides is 1. The Kier molecular flexibility index (Phi) is 3.04. The Morgan fingerprint density at radius 2 is 2.12 bits per heavy atom. The number of hydrogen-bond donors (Lipinski definition) is 0. The van der Waals surface area contributed by atoms with E-state index in [1.165, 1.54) is 0 Å². The second-order valence-corrected chi connectivity index (χ2v) is 3.98. The molecule has 1 aromatic carbocycles. The van der Waals surface area contributed by atoms with Gasteiger partial charge in [-0.3, -0.25) is 4.79 Å². The van der Waals surface area contributed by atoms with Crippen molar-refractivity contribution in [1.29, 1.82) is 0 Å². The normalized spacial score (nSPS) is 15.9. The predicted octanol–water partition coefficient (Wildman–Crippen LogP) is 2.69. The number of aryl methyl sites for hydroxylation is 1. The van der Waals surface area contributed by atoms with Crippen LogP contribution in [0.25, 0.3) is 0 Å². The summed E-state index contributed by atoms with van der Waals surface area (Å²) in [4.78, 5) is 13.7. The molecule has 1 amide bonds. The Morgan fingerprint density at radius 3 is 2.81 bits per heavy atom. The van der Waals surface area contributed by atoms with Crippen molar-refractivity contribution in [2.24, 2.45) is 0 Å². The van der Waals surface area contributed by atoms with Gasteiger partial charge in [-0.2, -0.15) is 0 Å². The molecule has 0 unspecified atom stereocenters. The van der Waals surface area contributed by atoms with Crippen LogP contribution in [0.1, 0.15) is 22.3 Å². The van der Waals surface area contributed by atoms with E-state index >= 15 is 0 Å². The standard InChI is InChI=1S/C13H14FNO/c1-10-5-2-3-7-12(10)13(16)15-8-4-6-11(14)9-15/h2-3,5-7H,4,8-9H2,1H3. The lowest BCUT2D eigenvalue weighted by Gasteiger charge is -2.25. The van der Waals surface area contributed by atoms with Gasteiger partial charge in [0.1, 0.15) is 5.83 Å². The van der Waals surface area contributed by atoms with E-state index in [2.05, 4.69) is 0 Å². The summed E-state index contributed by atoms with van der Waals surface area (Å²) in [7, 11) is 0. The lowest BCUT2D eigenvalue weighted by molar-refractivity contribution is 0.0754. The zero-order valence-corrected chi connectivity index (χ0v) is 9.24. The average Bonchev–Trinajstić information content (AvgIpc) is 2.29. The van der Waals surface area contributed by atoms with E-state index in [0.717, 1.165) is 5.56 Å². The van der Waals surface area contributed by atoms with Crippen LogP contribution < -0.4 is 0 Å². The molecule has 0 N–H and O–H groups in total. The largest absolute Gasteiger partial charge is 0.332 e. The number of carbonyl (C=O) groups excluding carboxylic acids is 1. The zero-order chi connectivity index (χ0) is 11.5. The van der Waals surface area contributed by atoms with E-state index in [-0.39, 0.29) is 18.3 Å². The Morgan fingerprint density at radius 1 is 1.38 bits per heavy atom. The highest BCUT2D eigenvalue weighted by atomic mass is 19.1. The number of halogens is 1. The van der Waals surface area contributed by atoms with E-state index in [1.807, 2.05) is 25.1 Å². The van der Waals surface area contributed by atoms with Crippen LogP contribution in [0.3, 0.4) is 0 Å². The van der Waals surface area contributed by atoms with Crippen LogP contribution in [0.2, 0.25) is 0 Å². The molecule has 84 valence electrons. The predicted molar refractivity (Wildman–Crippen MR) is 60.9 cm³/mol. The van der Waals surface area contributed by atoms with Gasteiger partial charge < -0.3 is 4.90 Å². The van der Waals surface area contributed by atoms with Gasteiger partial charge in [-0.1, -0.05) is 18.2 Å². The smallest absolute Gasteiger partial charge is 0.254 e. The minimum absolute atomic E-state index is 0.0821. The van der Waals surface area contributed by atoms with Crippen molar-refractivity contribution in [1.82, 2.24) is 4.90 Å². The van der Waals surface area contributed by atoms with Crippen molar-refractivity contribution in [2.45, 2.75) is 13.3 Å². The first-order valence-electron chi connectivity index (χ1n) is 5.38. The van der Waals surface area contributed by atoms with Crippen LogP contribution >= 0.6 is 0 Å². The fourth-order valence-corrected chi connectivity index (χ4v) is 1.86. The molecule has 1 aliphatic rings. The Hall–Kier alpha value is -1.64. The van der Waals surface area contributed by atoms with Crippen molar-refractivity contribution in [2.75, 3.05) is 13.1 Å². The first kappa shape index (κ1) is 10.9. The van der Waals surface area contributed by atoms with E-state index in [0.29, 0.717) is 18.5 Å². The van der Waals surface area contributed by atoms with Gasteiger partial charge >= 0.3 is 0 Å². The lowest BCUT2D eigenvalue weighted by Crippen LogP contribution is -2.35. The van der Waals surface area contributed by atoms with Crippen LogP contribution in [0.4, 0.5) is 4.39 Å². The molecule has 0 aromatic heterocycles. The zero-order valence-electron chi connectivity index (χ0n) is 9.24. The third-order valence-corrected chi connectivity index (χ3v) is 2.77. The Balaban J connectivity index is 2.20. The molecular weight excluding hydrogens is 205 g/mol. The second kappa shape index (κ2) is 4.47. The quantitative estimate of drug-likeness (QED) is 0.711. The second-order valence-electron chi connectivity index (χ2n) is 3.98. The Bertz CT molecular complexity index is 439. The molecule has 0 fully saturated rings. The number of rotatable bonds is 1. The molecule has 0 spiro atoms. The van der Waals surface area contributed by atoms with Gasteiger partial charge in [0.2, 0.25) is 0 Å². The van der Waals surface area contributed by atoms with Crippen LogP contribution in [0, 0.1) is 6.92 Å². The minimum atomic E-state index is -0.215. The fourth-order valence-electron chi connectivity index (χ4n) is 1.86. The number of nitrogens with zero attached hydrogens (tertiary/aromatic N) is 1. The van der Waals surface area contributed by atoms with Crippen molar-refractivity contribution >= 4 is 5.91 Å². The molecule has 0 saturated heterocycles. The van der Waals surface area contributed by atoms with E-state index in [1.54, 1.807) is 17.0 Å². The maximum atomic E-state index is 13.1. The van der Waals surface area contributed by atoms with Crippen molar-refractivity contribution in [3.8, 4) is 0 Å². The van der Waals surface area contributed by atoms with Crippen LogP contribution in [-0.2, 0) is 0 Å². The lowest BCUT2D eigenvalue weighted by atomic mass is 10.1. The summed E-state index contributed by atoms with van der Waals surface area (Å²) in [5, 5.41) is 0. The van der Waals surface area contributed by atoms with E-state index in [4.69, 9.17) is 0 Å². The summed E-state index contributed by atoms with van der Waals surface area (Å²) >= 11 is 0. The molecule has 0 saturated carbocycles. The van der Waals surface area contributed by atoms with Gasteiger partial charge in [-0.05, 0) is 31.1 Å². The summed E-state index contributed by atoms with van der Waals surface area (Å²) in [6, 6.07) is 7.40. The third-order valence-electron chi connectivity index (χ3n) is 2.77. The van der Waals surface area contributed by atoms with E-state index < -0.39 is 0 Å². The van der Waals surface area contributed by atoms with Gasteiger partial charge in [0.25, 0.3) is 5.91 Å². The first-order valence-corrected chi connectivity index (χ1v) is 5.38. The van der Waals surface area contributed by atoms with E-state index in [9.17, 15) is 9.18 Å². The molecule has 3 heteroatoms. The summed E-state index contributed by atoms with van der Waals surface area (Å²) < 4.78 is 13.1. The molecule has 1 heterocycles. The molecular formula is C13H14FNO. The monoisotopic (exact) mass is 219 g/mol. The van der Waals surface area contributed by atoms with Gasteiger partial charge in [0, 0.05) is 12.1 Å². The molecule has 2 nitrogen and oxygen atoms in total. The number of carbonyl (C=O) groups is 1. The topological polar surface area (TPSA) is 20.3 Å². The van der Waals surface area contributed by atoms with Crippen LogP contribution in [0.15, 0.2) is 36.2 Å². The van der Waals surface area contributed by atoms with Gasteiger partial charge in [0.05, 0.1) is 6.54 Å². The maximum absolute atomic E-state index is 13.1. The minimum Gasteiger partial charge on any atom is -0.332 e. The average molecular weight is 219 g/mol. The highest BCUT2D eigenvalue weighted by Crippen LogP contribution is 2.16. The Labute approximate surface area is 94.4 Å². The highest BCUT2D eigenvalue weighted by molar-refractivity contribution is 5.95. The number of hydrogen-bond acceptors (Lipinski definition) is 1. The van der Waals surface area contributed by atoms with Crippen LogP contribution in [0.5, 0.6) is 0 Å². The third kappa shape index (κ3) is 2.13. The maximum Gasteiger partial charge on any atom is 0.254 e. The summed E-state index contributed by atoms with van der Waals surface area (Å²) in [6.07, 6.45) is 2.14. The number of benzene rings is 1. The van der Waals surface area contributed by atoms with Gasteiger partial charge in [0.15, 0.2) is 0 Å². The summed E-state index contributed by atoms with van der Waals surface area (Å²) in [5.74, 6) is -0.297. The molecule has 0 bridgehead atoms. The van der Waals surface area contributed by atoms with Crippen molar-refractivity contribution in [3.05, 3.63) is 47.3 Å². The first-order chi connectivity index (χ1) is 7.68. The fraction of sp³-hybridized carbons (Fsp3) is 0.308. The molecule has 0 radical (unpaired) electrons. The molecule has 0 atom stereocenters. The molecule has 0 aliphatic carbocycles. The molecule has 2 rings (SSSR count). The molecule has 16 heavy (non-hydrogen) atoms.